The maximum Gasteiger partial charge on any atom is 0.0710 e. The molecule has 0 saturated heterocycles. The molecule has 1 rings (SSSR count). The second-order valence-corrected chi connectivity index (χ2v) is 5.27. The van der Waals surface area contributed by atoms with Crippen molar-refractivity contribution in [1.82, 2.24) is 0 Å². The number of rotatable bonds is 4. The summed E-state index contributed by atoms with van der Waals surface area (Å²) in [6.07, 6.45) is 0.730. The van der Waals surface area contributed by atoms with Crippen molar-refractivity contribution < 1.29 is 5.11 Å². The highest BCUT2D eigenvalue weighted by Gasteiger charge is 2.18. The molecule has 1 aromatic rings. The Hall–Kier alpha value is -0.380. The van der Waals surface area contributed by atoms with Gasteiger partial charge in [0, 0.05) is 21.4 Å². The molecule has 15 heavy (non-hydrogen) atoms. The van der Waals surface area contributed by atoms with Crippen LogP contribution in [0.5, 0.6) is 0 Å². The maximum absolute atomic E-state index is 9.84. The van der Waals surface area contributed by atoms with Gasteiger partial charge in [-0.25, -0.2) is 0 Å². The quantitative estimate of drug-likeness (QED) is 0.633. The SMILES string of the molecule is CCC(C)(O)CSc1ccc(Cl)cc1N. The number of nitrogens with two attached hydrogens (primary N) is 1. The lowest BCUT2D eigenvalue weighted by molar-refractivity contribution is 0.0816. The fourth-order valence-corrected chi connectivity index (χ4v) is 2.23. The normalized spacial score (nSPS) is 14.9. The molecule has 0 radical (unpaired) electrons. The van der Waals surface area contributed by atoms with Crippen LogP contribution in [0.3, 0.4) is 0 Å². The van der Waals surface area contributed by atoms with Gasteiger partial charge in [-0.2, -0.15) is 0 Å². The largest absolute Gasteiger partial charge is 0.398 e. The van der Waals surface area contributed by atoms with Crippen LogP contribution in [0.4, 0.5) is 5.69 Å². The van der Waals surface area contributed by atoms with Crippen LogP contribution in [0.1, 0.15) is 20.3 Å². The molecule has 84 valence electrons. The Kier molecular flexibility index (Phi) is 4.32. The first-order chi connectivity index (χ1) is 6.94. The second kappa shape index (κ2) is 5.10. The lowest BCUT2D eigenvalue weighted by atomic mass is 10.1. The van der Waals surface area contributed by atoms with Crippen LogP contribution in [0.2, 0.25) is 5.02 Å². The van der Waals surface area contributed by atoms with Crippen LogP contribution < -0.4 is 5.73 Å². The fourth-order valence-electron chi connectivity index (χ4n) is 0.986. The summed E-state index contributed by atoms with van der Waals surface area (Å²) in [7, 11) is 0. The van der Waals surface area contributed by atoms with Crippen LogP contribution in [0.25, 0.3) is 0 Å². The summed E-state index contributed by atoms with van der Waals surface area (Å²) in [5.74, 6) is 0.634. The Morgan fingerprint density at radius 2 is 2.20 bits per heavy atom. The number of thioether (sulfide) groups is 1. The van der Waals surface area contributed by atoms with E-state index in [4.69, 9.17) is 17.3 Å². The second-order valence-electron chi connectivity index (χ2n) is 3.82. The van der Waals surface area contributed by atoms with Crippen LogP contribution in [0.15, 0.2) is 23.1 Å². The van der Waals surface area contributed by atoms with Gasteiger partial charge in [0.2, 0.25) is 0 Å². The number of aliphatic hydroxyl groups is 1. The standard InChI is InChI=1S/C11H16ClNOS/c1-3-11(2,14)7-15-10-5-4-8(12)6-9(10)13/h4-6,14H,3,7,13H2,1-2H3. The van der Waals surface area contributed by atoms with Crippen molar-refractivity contribution in [1.29, 1.82) is 0 Å². The minimum absolute atomic E-state index is 0.634. The highest BCUT2D eigenvalue weighted by Crippen LogP contribution is 2.30. The van der Waals surface area contributed by atoms with E-state index in [-0.39, 0.29) is 0 Å². The third-order valence-electron chi connectivity index (χ3n) is 2.27. The van der Waals surface area contributed by atoms with Gasteiger partial charge < -0.3 is 10.8 Å². The van der Waals surface area contributed by atoms with Crippen LogP contribution in [-0.4, -0.2) is 16.5 Å². The topological polar surface area (TPSA) is 46.2 Å². The van der Waals surface area contributed by atoms with E-state index in [1.807, 2.05) is 19.9 Å². The first-order valence-electron chi connectivity index (χ1n) is 4.85. The Morgan fingerprint density at radius 3 is 2.73 bits per heavy atom. The van der Waals surface area contributed by atoms with Gasteiger partial charge in [0.1, 0.15) is 0 Å². The van der Waals surface area contributed by atoms with E-state index in [2.05, 4.69) is 0 Å². The summed E-state index contributed by atoms with van der Waals surface area (Å²) >= 11 is 7.35. The van der Waals surface area contributed by atoms with Gasteiger partial charge in [0.15, 0.2) is 0 Å². The average molecular weight is 246 g/mol. The highest BCUT2D eigenvalue weighted by molar-refractivity contribution is 7.99. The molecule has 0 spiro atoms. The molecule has 0 heterocycles. The number of nitrogen functional groups attached to an aromatic ring is 1. The summed E-state index contributed by atoms with van der Waals surface area (Å²) in [6.45, 7) is 3.79. The minimum atomic E-state index is -0.642. The summed E-state index contributed by atoms with van der Waals surface area (Å²) < 4.78 is 0. The monoisotopic (exact) mass is 245 g/mol. The fraction of sp³-hybridized carbons (Fsp3) is 0.455. The average Bonchev–Trinajstić information content (AvgIpc) is 2.16. The zero-order valence-corrected chi connectivity index (χ0v) is 10.5. The Labute approximate surface area is 99.8 Å². The molecule has 0 amide bonds. The van der Waals surface area contributed by atoms with Gasteiger partial charge in [0.05, 0.1) is 5.60 Å². The number of benzene rings is 1. The lowest BCUT2D eigenvalue weighted by Gasteiger charge is -2.20. The third kappa shape index (κ3) is 3.93. The zero-order chi connectivity index (χ0) is 11.5. The molecule has 0 bridgehead atoms. The van der Waals surface area contributed by atoms with E-state index in [9.17, 15) is 5.11 Å². The van der Waals surface area contributed by atoms with Gasteiger partial charge in [-0.3, -0.25) is 0 Å². The molecule has 0 aliphatic rings. The molecule has 0 fully saturated rings. The summed E-state index contributed by atoms with van der Waals surface area (Å²) in [4.78, 5) is 0.966. The lowest BCUT2D eigenvalue weighted by Crippen LogP contribution is -2.25. The van der Waals surface area contributed by atoms with Crippen molar-refractivity contribution in [2.45, 2.75) is 30.8 Å². The van der Waals surface area contributed by atoms with Crippen molar-refractivity contribution in [2.75, 3.05) is 11.5 Å². The number of halogens is 1. The van der Waals surface area contributed by atoms with Crippen molar-refractivity contribution in [3.8, 4) is 0 Å². The number of anilines is 1. The molecule has 0 saturated carbocycles. The Morgan fingerprint density at radius 1 is 1.53 bits per heavy atom. The van der Waals surface area contributed by atoms with Crippen LogP contribution >= 0.6 is 23.4 Å². The van der Waals surface area contributed by atoms with Gasteiger partial charge >= 0.3 is 0 Å². The van der Waals surface area contributed by atoms with E-state index in [0.717, 1.165) is 11.3 Å². The van der Waals surface area contributed by atoms with Crippen molar-refractivity contribution in [3.05, 3.63) is 23.2 Å². The molecule has 0 aliphatic heterocycles. The molecule has 0 aliphatic carbocycles. The summed E-state index contributed by atoms with van der Waals surface area (Å²) in [5.41, 5.74) is 5.83. The van der Waals surface area contributed by atoms with Crippen molar-refractivity contribution >= 4 is 29.1 Å². The third-order valence-corrected chi connectivity index (χ3v) is 3.96. The molecule has 2 nitrogen and oxygen atoms in total. The van der Waals surface area contributed by atoms with Gasteiger partial charge in [0.25, 0.3) is 0 Å². The van der Waals surface area contributed by atoms with E-state index in [1.54, 1.807) is 23.9 Å². The molecule has 1 aromatic carbocycles. The summed E-state index contributed by atoms with van der Waals surface area (Å²) in [6, 6.07) is 5.42. The Balaban J connectivity index is 2.66. The molecule has 4 heteroatoms. The molecule has 3 N–H and O–H groups in total. The molecule has 0 aromatic heterocycles. The highest BCUT2D eigenvalue weighted by atomic mass is 35.5. The summed E-state index contributed by atoms with van der Waals surface area (Å²) in [5, 5.41) is 10.5. The van der Waals surface area contributed by atoms with Crippen molar-refractivity contribution in [2.24, 2.45) is 0 Å². The smallest absolute Gasteiger partial charge is 0.0710 e. The maximum atomic E-state index is 9.84. The predicted octanol–water partition coefficient (Wildman–Crippen LogP) is 3.18. The molecular formula is C11H16ClNOS. The predicted molar refractivity (Wildman–Crippen MR) is 67.5 cm³/mol. The number of hydrogen-bond acceptors (Lipinski definition) is 3. The molecule has 1 unspecified atom stereocenters. The van der Waals surface area contributed by atoms with E-state index >= 15 is 0 Å². The van der Waals surface area contributed by atoms with E-state index in [1.165, 1.54) is 0 Å². The van der Waals surface area contributed by atoms with Gasteiger partial charge in [-0.15, -0.1) is 11.8 Å². The minimum Gasteiger partial charge on any atom is -0.398 e. The van der Waals surface area contributed by atoms with Crippen LogP contribution in [-0.2, 0) is 0 Å². The Bertz CT molecular complexity index is 341. The first kappa shape index (κ1) is 12.7. The zero-order valence-electron chi connectivity index (χ0n) is 8.96. The molecule has 1 atom stereocenters. The number of hydrogen-bond donors (Lipinski definition) is 2. The van der Waals surface area contributed by atoms with Gasteiger partial charge in [-0.05, 0) is 31.5 Å². The first-order valence-corrected chi connectivity index (χ1v) is 6.21. The van der Waals surface area contributed by atoms with E-state index < -0.39 is 5.60 Å². The van der Waals surface area contributed by atoms with Crippen LogP contribution in [0, 0.1) is 0 Å². The molecular weight excluding hydrogens is 230 g/mol. The van der Waals surface area contributed by atoms with Gasteiger partial charge in [-0.1, -0.05) is 18.5 Å². The van der Waals surface area contributed by atoms with Crippen molar-refractivity contribution in [3.63, 3.8) is 0 Å². The van der Waals surface area contributed by atoms with E-state index in [0.29, 0.717) is 16.5 Å².